The van der Waals surface area contributed by atoms with Crippen molar-refractivity contribution in [2.24, 2.45) is 0 Å². The van der Waals surface area contributed by atoms with Crippen molar-refractivity contribution in [1.82, 2.24) is 19.9 Å². The van der Waals surface area contributed by atoms with Gasteiger partial charge in [-0.3, -0.25) is 19.9 Å². The number of aromatic nitrogens is 4. The molecule has 0 aliphatic carbocycles. The van der Waals surface area contributed by atoms with Crippen LogP contribution in [0.5, 0.6) is 0 Å². The Kier molecular flexibility index (Phi) is 19.0. The van der Waals surface area contributed by atoms with Gasteiger partial charge in [0, 0.05) is 56.4 Å². The Morgan fingerprint density at radius 2 is 0.354 bits per heavy atom. The molecule has 0 atom stereocenters. The minimum atomic E-state index is 1.04. The summed E-state index contributed by atoms with van der Waals surface area (Å²) in [4.78, 5) is 20.4. The van der Waals surface area contributed by atoms with Gasteiger partial charge in [-0.05, 0) is 417 Å². The third kappa shape index (κ3) is 13.2. The molecule has 4 aromatic heterocycles. The van der Waals surface area contributed by atoms with Crippen molar-refractivity contribution in [1.29, 1.82) is 0 Å². The van der Waals surface area contributed by atoms with Crippen molar-refractivity contribution in [2.45, 2.75) is 166 Å². The van der Waals surface area contributed by atoms with Gasteiger partial charge in [0.2, 0.25) is 0 Å². The van der Waals surface area contributed by atoms with E-state index >= 15 is 0 Å². The summed E-state index contributed by atoms with van der Waals surface area (Å²) < 4.78 is 0. The number of hydrogen-bond acceptors (Lipinski definition) is 4. The van der Waals surface area contributed by atoms with E-state index in [0.29, 0.717) is 0 Å². The van der Waals surface area contributed by atoms with Gasteiger partial charge < -0.3 is 0 Å². The zero-order valence-electron chi connectivity index (χ0n) is 61.6. The SMILES string of the molecule is Cc1ccc(-c2cc(-c3cc(-c4c(C)nc(C)c(C)c4C)cc(-c4c(C)nc(C)c(C)c4C)c3)cc(-c3ccc(C)c(C)c3)c2)cc1C.Cc1ccc(-c2cc(-c3cc(-c4nc(C)c(C)c(C)c4C)cc(-c4nc(C)c(C)c(C)c4C)c3)cc(-c3ccc(C)c(C)c3)c2)cc1C. The van der Waals surface area contributed by atoms with Crippen LogP contribution < -0.4 is 0 Å². The second-order valence-electron chi connectivity index (χ2n) is 28.0. The van der Waals surface area contributed by atoms with E-state index in [1.54, 1.807) is 0 Å². The molecule has 0 bridgehead atoms. The van der Waals surface area contributed by atoms with Crippen LogP contribution in [0.1, 0.15) is 134 Å². The van der Waals surface area contributed by atoms with Crippen LogP contribution >= 0.6 is 0 Å². The third-order valence-corrected chi connectivity index (χ3v) is 21.8. The van der Waals surface area contributed by atoms with Crippen molar-refractivity contribution in [3.05, 3.63) is 280 Å². The molecule has 12 aromatic rings. The number of aryl methyl sites for hydroxylation is 14. The zero-order chi connectivity index (χ0) is 69.2. The lowest BCUT2D eigenvalue weighted by Crippen LogP contribution is -2.02. The summed E-state index contributed by atoms with van der Waals surface area (Å²) in [5, 5.41) is 0. The lowest BCUT2D eigenvalue weighted by atomic mass is 9.86. The van der Waals surface area contributed by atoms with Gasteiger partial charge in [-0.15, -0.1) is 0 Å². The Hall–Kier alpha value is -9.64. The van der Waals surface area contributed by atoms with E-state index in [9.17, 15) is 0 Å². The van der Waals surface area contributed by atoms with Crippen molar-refractivity contribution in [3.63, 3.8) is 0 Å². The first-order valence-corrected chi connectivity index (χ1v) is 34.2. The van der Waals surface area contributed by atoms with Crippen LogP contribution in [-0.4, -0.2) is 19.9 Å². The van der Waals surface area contributed by atoms with Crippen LogP contribution in [0, 0.1) is 166 Å². The number of pyridine rings is 4. The first kappa shape index (κ1) is 67.8. The first-order chi connectivity index (χ1) is 45.5. The maximum atomic E-state index is 5.19. The normalized spacial score (nSPS) is 11.3. The topological polar surface area (TPSA) is 51.6 Å². The van der Waals surface area contributed by atoms with E-state index < -0.39 is 0 Å². The average molecular weight is 1260 g/mol. The molecule has 12 rings (SSSR count). The quantitative estimate of drug-likeness (QED) is 0.137. The van der Waals surface area contributed by atoms with E-state index in [2.05, 4.69) is 312 Å². The molecule has 0 radical (unpaired) electrons. The number of rotatable bonds is 10. The van der Waals surface area contributed by atoms with Gasteiger partial charge in [-0.2, -0.15) is 0 Å². The zero-order valence-corrected chi connectivity index (χ0v) is 61.6. The smallest absolute Gasteiger partial charge is 0.0737 e. The molecule has 0 N–H and O–H groups in total. The Bertz CT molecular complexity index is 4840. The molecule has 0 unspecified atom stereocenters. The monoisotopic (exact) mass is 1260 g/mol. The van der Waals surface area contributed by atoms with Crippen molar-refractivity contribution < 1.29 is 0 Å². The van der Waals surface area contributed by atoms with E-state index in [1.165, 1.54) is 184 Å². The average Bonchev–Trinajstić information content (AvgIpc) is 0.767. The predicted octanol–water partition coefficient (Wildman–Crippen LogP) is 25.0. The summed E-state index contributed by atoms with van der Waals surface area (Å²) in [5.74, 6) is 0. The molecular weight excluding hydrogens is 1160 g/mol. The fourth-order valence-electron chi connectivity index (χ4n) is 13.9. The standard InChI is InChI=1S/2C46H48N2/c1-25-13-15-37(17-27(25)3)39-19-40(38-16-14-26(2)28(4)18-38)21-41(20-39)42-22-43(45-31(7)29(5)33(9)47-35(45)11)24-44(23-42)46-32(8)30(6)34(10)48-36(46)12;1-25-13-15-37(17-27(25)3)39-19-40(38-16-14-26(2)28(4)18-38)21-41(20-39)42-22-43(45-33(9)29(5)31(7)35(11)47-45)24-44(23-42)46-34(10)30(6)32(8)36(12)48-46/h2*13-24H,1-12H3. The van der Waals surface area contributed by atoms with Crippen LogP contribution in [0.25, 0.3) is 112 Å². The van der Waals surface area contributed by atoms with Crippen LogP contribution in [0.2, 0.25) is 0 Å². The Balaban J connectivity index is 0.000000195. The highest BCUT2D eigenvalue weighted by Crippen LogP contribution is 2.44. The molecule has 0 saturated carbocycles. The van der Waals surface area contributed by atoms with Crippen molar-refractivity contribution in [2.75, 3.05) is 0 Å². The maximum absolute atomic E-state index is 5.19. The van der Waals surface area contributed by atoms with Gasteiger partial charge >= 0.3 is 0 Å². The molecule has 0 aliphatic heterocycles. The molecule has 0 spiro atoms. The number of nitrogens with zero attached hydrogens (tertiary/aromatic N) is 4. The van der Waals surface area contributed by atoms with Gasteiger partial charge in [0.1, 0.15) is 0 Å². The minimum absolute atomic E-state index is 1.04. The summed E-state index contributed by atoms with van der Waals surface area (Å²) in [7, 11) is 0. The molecule has 96 heavy (non-hydrogen) atoms. The van der Waals surface area contributed by atoms with Gasteiger partial charge in [0.15, 0.2) is 0 Å². The maximum Gasteiger partial charge on any atom is 0.0737 e. The number of benzene rings is 8. The number of hydrogen-bond donors (Lipinski definition) is 0. The molecule has 0 amide bonds. The molecule has 0 aliphatic rings. The summed E-state index contributed by atoms with van der Waals surface area (Å²) in [5.41, 5.74) is 53.1. The Morgan fingerprint density at radius 3 is 0.625 bits per heavy atom. The molecule has 4 nitrogen and oxygen atoms in total. The van der Waals surface area contributed by atoms with Gasteiger partial charge in [-0.1, -0.05) is 72.8 Å². The van der Waals surface area contributed by atoms with Crippen LogP contribution in [0.3, 0.4) is 0 Å². The Labute approximate surface area is 574 Å². The third-order valence-electron chi connectivity index (χ3n) is 21.8. The van der Waals surface area contributed by atoms with E-state index in [0.717, 1.165) is 62.2 Å². The summed E-state index contributed by atoms with van der Waals surface area (Å²) in [6.45, 7) is 52.3. The lowest BCUT2D eigenvalue weighted by molar-refractivity contribution is 1.07. The highest BCUT2D eigenvalue weighted by atomic mass is 14.7. The van der Waals surface area contributed by atoms with E-state index in [4.69, 9.17) is 19.9 Å². The van der Waals surface area contributed by atoms with Crippen LogP contribution in [0.4, 0.5) is 0 Å². The fraction of sp³-hybridized carbons (Fsp3) is 0.261. The second-order valence-corrected chi connectivity index (χ2v) is 28.0. The van der Waals surface area contributed by atoms with Crippen molar-refractivity contribution in [3.8, 4) is 112 Å². The highest BCUT2D eigenvalue weighted by molar-refractivity contribution is 5.90. The molecule has 484 valence electrons. The van der Waals surface area contributed by atoms with Crippen molar-refractivity contribution >= 4 is 0 Å². The molecular formula is C92H96N4. The molecule has 4 heterocycles. The molecule has 0 fully saturated rings. The first-order valence-electron chi connectivity index (χ1n) is 34.2. The van der Waals surface area contributed by atoms with E-state index in [1.807, 2.05) is 0 Å². The summed E-state index contributed by atoms with van der Waals surface area (Å²) >= 11 is 0. The minimum Gasteiger partial charge on any atom is -0.258 e. The van der Waals surface area contributed by atoms with Crippen LogP contribution in [-0.2, 0) is 0 Å². The molecule has 4 heteroatoms. The van der Waals surface area contributed by atoms with Crippen LogP contribution in [0.15, 0.2) is 146 Å². The summed E-state index contributed by atoms with van der Waals surface area (Å²) in [6.07, 6.45) is 0. The predicted molar refractivity (Wildman–Crippen MR) is 412 cm³/mol. The second kappa shape index (κ2) is 26.9. The van der Waals surface area contributed by atoms with Gasteiger partial charge in [0.05, 0.1) is 11.4 Å². The molecule has 0 saturated heterocycles. The highest BCUT2D eigenvalue weighted by Gasteiger charge is 2.22. The van der Waals surface area contributed by atoms with Gasteiger partial charge in [0.25, 0.3) is 0 Å². The van der Waals surface area contributed by atoms with E-state index in [-0.39, 0.29) is 0 Å². The Morgan fingerprint density at radius 1 is 0.146 bits per heavy atom. The lowest BCUT2D eigenvalue weighted by Gasteiger charge is -2.20. The largest absolute Gasteiger partial charge is 0.258 e. The fourth-order valence-corrected chi connectivity index (χ4v) is 13.9. The molecule has 8 aromatic carbocycles. The summed E-state index contributed by atoms with van der Waals surface area (Å²) in [6, 6.07) is 55.5. The van der Waals surface area contributed by atoms with Gasteiger partial charge in [-0.25, -0.2) is 0 Å².